The Morgan fingerprint density at radius 1 is 1.55 bits per heavy atom. The molecule has 0 aromatic carbocycles. The summed E-state index contributed by atoms with van der Waals surface area (Å²) in [6.07, 6.45) is 6.49. The summed E-state index contributed by atoms with van der Waals surface area (Å²) in [6, 6.07) is 1.51. The van der Waals surface area contributed by atoms with Gasteiger partial charge in [-0.25, -0.2) is 4.39 Å². The number of piperidine rings is 1. The van der Waals surface area contributed by atoms with Crippen molar-refractivity contribution in [2.45, 2.75) is 24.1 Å². The third-order valence-corrected chi connectivity index (χ3v) is 5.20. The van der Waals surface area contributed by atoms with E-state index in [1.54, 1.807) is 18.0 Å². The highest BCUT2D eigenvalue weighted by Gasteiger charge is 2.38. The third-order valence-electron chi connectivity index (χ3n) is 3.80. The van der Waals surface area contributed by atoms with Crippen molar-refractivity contribution >= 4 is 17.6 Å². The van der Waals surface area contributed by atoms with Crippen molar-refractivity contribution in [2.24, 2.45) is 10.9 Å². The average molecular weight is 298 g/mol. The molecule has 0 aliphatic carbocycles. The van der Waals surface area contributed by atoms with Crippen molar-refractivity contribution in [1.29, 1.82) is 0 Å². The molecular formula is C13H19FN4OS. The van der Waals surface area contributed by atoms with E-state index in [9.17, 15) is 4.39 Å². The summed E-state index contributed by atoms with van der Waals surface area (Å²) in [4.78, 5) is 6.09. The van der Waals surface area contributed by atoms with Crippen molar-refractivity contribution in [3.63, 3.8) is 0 Å². The molecule has 1 aromatic rings. The number of nitrogens with two attached hydrogens (primary N) is 1. The zero-order valence-electron chi connectivity index (χ0n) is 11.4. The van der Waals surface area contributed by atoms with Gasteiger partial charge in [-0.15, -0.1) is 0 Å². The molecule has 2 rings (SSSR count). The number of nitrogens with zero attached hydrogens (tertiary/aromatic N) is 3. The van der Waals surface area contributed by atoms with Crippen molar-refractivity contribution < 1.29 is 9.60 Å². The molecule has 1 fully saturated rings. The maximum Gasteiger partial charge on any atom is 0.155 e. The SMILES string of the molecule is CSC1(/C(N)=N/O)CCN(Cc2cncc(F)c2)CC1. The van der Waals surface area contributed by atoms with E-state index < -0.39 is 0 Å². The van der Waals surface area contributed by atoms with Gasteiger partial charge in [-0.1, -0.05) is 5.16 Å². The first kappa shape index (κ1) is 15.1. The molecule has 0 unspecified atom stereocenters. The van der Waals surface area contributed by atoms with Crippen LogP contribution in [0.4, 0.5) is 4.39 Å². The molecule has 1 aromatic heterocycles. The lowest BCUT2D eigenvalue weighted by Crippen LogP contribution is -2.49. The number of amidine groups is 1. The maximum atomic E-state index is 13.1. The molecule has 0 saturated carbocycles. The van der Waals surface area contributed by atoms with E-state index in [0.717, 1.165) is 31.5 Å². The minimum Gasteiger partial charge on any atom is -0.409 e. The van der Waals surface area contributed by atoms with Gasteiger partial charge >= 0.3 is 0 Å². The van der Waals surface area contributed by atoms with Gasteiger partial charge < -0.3 is 10.9 Å². The molecule has 0 spiro atoms. The molecule has 0 bridgehead atoms. The number of aromatic nitrogens is 1. The minimum atomic E-state index is -0.311. The van der Waals surface area contributed by atoms with Crippen LogP contribution >= 0.6 is 11.8 Å². The molecule has 0 amide bonds. The van der Waals surface area contributed by atoms with Gasteiger partial charge in [-0.3, -0.25) is 9.88 Å². The standard InChI is InChI=1S/C13H19FN4OS/c1-20-13(12(15)17-19)2-4-18(5-3-13)9-10-6-11(14)8-16-7-10/h6-8,19H,2-5,9H2,1H3,(H2,15,17). The summed E-state index contributed by atoms with van der Waals surface area (Å²) in [5.41, 5.74) is 6.68. The van der Waals surface area contributed by atoms with Crippen LogP contribution in [0.1, 0.15) is 18.4 Å². The summed E-state index contributed by atoms with van der Waals surface area (Å²) < 4.78 is 12.8. The number of oxime groups is 1. The number of pyridine rings is 1. The summed E-state index contributed by atoms with van der Waals surface area (Å²) in [5, 5.41) is 12.1. The molecule has 1 saturated heterocycles. The van der Waals surface area contributed by atoms with Crippen LogP contribution < -0.4 is 5.73 Å². The second kappa shape index (κ2) is 6.41. The van der Waals surface area contributed by atoms with Crippen LogP contribution in [-0.4, -0.2) is 45.0 Å². The molecule has 20 heavy (non-hydrogen) atoms. The van der Waals surface area contributed by atoms with E-state index in [1.807, 2.05) is 6.26 Å². The lowest BCUT2D eigenvalue weighted by molar-refractivity contribution is 0.209. The molecule has 3 N–H and O–H groups in total. The fourth-order valence-corrected chi connectivity index (χ4v) is 3.37. The summed E-state index contributed by atoms with van der Waals surface area (Å²) >= 11 is 1.62. The Bertz CT molecular complexity index is 489. The van der Waals surface area contributed by atoms with E-state index in [1.165, 1.54) is 12.3 Å². The van der Waals surface area contributed by atoms with Crippen molar-refractivity contribution in [1.82, 2.24) is 9.88 Å². The van der Waals surface area contributed by atoms with Crippen LogP contribution in [0, 0.1) is 5.82 Å². The van der Waals surface area contributed by atoms with Crippen LogP contribution in [-0.2, 0) is 6.54 Å². The van der Waals surface area contributed by atoms with Crippen LogP contribution in [0.3, 0.4) is 0 Å². The zero-order valence-corrected chi connectivity index (χ0v) is 12.2. The average Bonchev–Trinajstić information content (AvgIpc) is 2.47. The molecule has 1 aliphatic rings. The van der Waals surface area contributed by atoms with Gasteiger partial charge in [0.2, 0.25) is 0 Å². The Balaban J connectivity index is 1.97. The number of hydrogen-bond donors (Lipinski definition) is 2. The van der Waals surface area contributed by atoms with Gasteiger partial charge in [0.05, 0.1) is 10.9 Å². The summed E-state index contributed by atoms with van der Waals surface area (Å²) in [5.74, 6) is -0.0216. The highest BCUT2D eigenvalue weighted by atomic mass is 32.2. The Hall–Kier alpha value is -1.34. The third kappa shape index (κ3) is 3.21. The number of thioether (sulfide) groups is 1. The minimum absolute atomic E-state index is 0.286. The molecule has 110 valence electrons. The van der Waals surface area contributed by atoms with Crippen molar-refractivity contribution in [2.75, 3.05) is 19.3 Å². The molecule has 1 aliphatic heterocycles. The number of halogens is 1. The topological polar surface area (TPSA) is 74.7 Å². The van der Waals surface area contributed by atoms with Crippen LogP contribution in [0.25, 0.3) is 0 Å². The first-order chi connectivity index (χ1) is 9.59. The second-order valence-electron chi connectivity index (χ2n) is 4.97. The Morgan fingerprint density at radius 2 is 2.25 bits per heavy atom. The predicted octanol–water partition coefficient (Wildman–Crippen LogP) is 1.66. The van der Waals surface area contributed by atoms with E-state index >= 15 is 0 Å². The molecule has 7 heteroatoms. The van der Waals surface area contributed by atoms with Crippen LogP contribution in [0.2, 0.25) is 0 Å². The molecule has 0 radical (unpaired) electrons. The lowest BCUT2D eigenvalue weighted by Gasteiger charge is -2.39. The van der Waals surface area contributed by atoms with E-state index in [4.69, 9.17) is 10.9 Å². The normalized spacial score (nSPS) is 20.0. The fraction of sp³-hybridized carbons (Fsp3) is 0.538. The summed E-state index contributed by atoms with van der Waals surface area (Å²) in [7, 11) is 0. The highest BCUT2D eigenvalue weighted by molar-refractivity contribution is 8.00. The van der Waals surface area contributed by atoms with Gasteiger partial charge in [0.15, 0.2) is 5.84 Å². The van der Waals surface area contributed by atoms with Gasteiger partial charge in [0, 0.05) is 25.8 Å². The monoisotopic (exact) mass is 298 g/mol. The smallest absolute Gasteiger partial charge is 0.155 e. The number of hydrogen-bond acceptors (Lipinski definition) is 5. The number of likely N-dealkylation sites (tertiary alicyclic amines) is 1. The van der Waals surface area contributed by atoms with E-state index in [0.29, 0.717) is 6.54 Å². The van der Waals surface area contributed by atoms with Crippen molar-refractivity contribution in [3.05, 3.63) is 29.8 Å². The van der Waals surface area contributed by atoms with Gasteiger partial charge in [0.1, 0.15) is 5.82 Å². The Kier molecular flexibility index (Phi) is 4.82. The molecule has 2 heterocycles. The van der Waals surface area contributed by atoms with Crippen LogP contribution in [0.15, 0.2) is 23.6 Å². The van der Waals surface area contributed by atoms with E-state index in [-0.39, 0.29) is 16.4 Å². The van der Waals surface area contributed by atoms with Crippen molar-refractivity contribution in [3.8, 4) is 0 Å². The molecular weight excluding hydrogens is 279 g/mol. The maximum absolute atomic E-state index is 13.1. The van der Waals surface area contributed by atoms with E-state index in [2.05, 4.69) is 15.0 Å². The molecule has 5 nitrogen and oxygen atoms in total. The van der Waals surface area contributed by atoms with Gasteiger partial charge in [-0.2, -0.15) is 11.8 Å². The first-order valence-electron chi connectivity index (χ1n) is 6.44. The predicted molar refractivity (Wildman–Crippen MR) is 78.4 cm³/mol. The molecule has 0 atom stereocenters. The first-order valence-corrected chi connectivity index (χ1v) is 7.67. The number of rotatable bonds is 4. The van der Waals surface area contributed by atoms with Gasteiger partial charge in [0.25, 0.3) is 0 Å². The quantitative estimate of drug-likeness (QED) is 0.383. The lowest BCUT2D eigenvalue weighted by atomic mass is 9.94. The largest absolute Gasteiger partial charge is 0.409 e. The van der Waals surface area contributed by atoms with Crippen LogP contribution in [0.5, 0.6) is 0 Å². The summed E-state index contributed by atoms with van der Waals surface area (Å²) in [6.45, 7) is 2.33. The Labute approximate surface area is 122 Å². The zero-order chi connectivity index (χ0) is 14.6. The highest BCUT2D eigenvalue weighted by Crippen LogP contribution is 2.35. The fourth-order valence-electron chi connectivity index (χ4n) is 2.53. The second-order valence-corrected chi connectivity index (χ2v) is 6.16. The Morgan fingerprint density at radius 3 is 2.80 bits per heavy atom. The van der Waals surface area contributed by atoms with Gasteiger partial charge in [-0.05, 0) is 30.7 Å².